The molecule has 1 saturated heterocycles. The Kier molecular flexibility index (Phi) is 5.41. The molecule has 1 heterocycles. The van der Waals surface area contributed by atoms with Crippen molar-refractivity contribution in [1.82, 2.24) is 10.2 Å². The molecule has 4 nitrogen and oxygen atoms in total. The number of likely N-dealkylation sites (tertiary alicyclic amines) is 1. The molecule has 110 valence electrons. The Balaban J connectivity index is 1.88. The highest BCUT2D eigenvalue weighted by Crippen LogP contribution is 2.18. The van der Waals surface area contributed by atoms with Gasteiger partial charge in [0, 0.05) is 19.1 Å². The van der Waals surface area contributed by atoms with Gasteiger partial charge in [0.15, 0.2) is 6.61 Å². The monoisotopic (exact) mass is 276 g/mol. The Morgan fingerprint density at radius 1 is 1.45 bits per heavy atom. The molecule has 1 aromatic rings. The van der Waals surface area contributed by atoms with Gasteiger partial charge in [-0.1, -0.05) is 25.1 Å². The van der Waals surface area contributed by atoms with Crippen molar-refractivity contribution >= 4 is 5.91 Å². The first-order valence-corrected chi connectivity index (χ1v) is 7.40. The molecule has 1 fully saturated rings. The van der Waals surface area contributed by atoms with Gasteiger partial charge in [0.2, 0.25) is 0 Å². The zero-order chi connectivity index (χ0) is 14.4. The number of hydrogen-bond donors (Lipinski definition) is 1. The van der Waals surface area contributed by atoms with Crippen LogP contribution in [0, 0.1) is 0 Å². The molecule has 1 amide bonds. The van der Waals surface area contributed by atoms with Crippen molar-refractivity contribution in [2.75, 3.05) is 26.7 Å². The van der Waals surface area contributed by atoms with Crippen LogP contribution in [-0.2, 0) is 11.2 Å². The topological polar surface area (TPSA) is 41.6 Å². The molecular formula is C16H24N2O2. The van der Waals surface area contributed by atoms with E-state index >= 15 is 0 Å². The fourth-order valence-electron chi connectivity index (χ4n) is 2.61. The molecule has 4 heteroatoms. The quantitative estimate of drug-likeness (QED) is 0.892. The molecule has 1 atom stereocenters. The second-order valence-electron chi connectivity index (χ2n) is 5.22. The highest BCUT2D eigenvalue weighted by Gasteiger charge is 2.22. The van der Waals surface area contributed by atoms with Crippen LogP contribution in [0.5, 0.6) is 5.75 Å². The van der Waals surface area contributed by atoms with Gasteiger partial charge in [-0.3, -0.25) is 4.79 Å². The molecule has 20 heavy (non-hydrogen) atoms. The lowest BCUT2D eigenvalue weighted by Crippen LogP contribution is -2.48. The Labute approximate surface area is 121 Å². The second-order valence-corrected chi connectivity index (χ2v) is 5.22. The van der Waals surface area contributed by atoms with Gasteiger partial charge >= 0.3 is 0 Å². The Morgan fingerprint density at radius 3 is 3.00 bits per heavy atom. The summed E-state index contributed by atoms with van der Waals surface area (Å²) < 4.78 is 5.70. The van der Waals surface area contributed by atoms with Crippen LogP contribution in [0.3, 0.4) is 0 Å². The molecule has 0 spiro atoms. The summed E-state index contributed by atoms with van der Waals surface area (Å²) in [5.41, 5.74) is 1.15. The van der Waals surface area contributed by atoms with Crippen molar-refractivity contribution in [3.8, 4) is 5.75 Å². The normalized spacial score (nSPS) is 18.9. The van der Waals surface area contributed by atoms with Crippen LogP contribution < -0.4 is 10.1 Å². The van der Waals surface area contributed by atoms with Gasteiger partial charge in [-0.25, -0.2) is 0 Å². The molecule has 2 rings (SSSR count). The summed E-state index contributed by atoms with van der Waals surface area (Å²) in [7, 11) is 1.95. The van der Waals surface area contributed by atoms with E-state index in [4.69, 9.17) is 4.74 Å². The highest BCUT2D eigenvalue weighted by atomic mass is 16.5. The van der Waals surface area contributed by atoms with Gasteiger partial charge in [-0.05, 0) is 37.9 Å². The van der Waals surface area contributed by atoms with E-state index in [2.05, 4.69) is 12.2 Å². The number of piperidine rings is 1. The minimum absolute atomic E-state index is 0.0795. The molecule has 0 radical (unpaired) electrons. The van der Waals surface area contributed by atoms with E-state index in [0.29, 0.717) is 6.04 Å². The molecule has 0 saturated carbocycles. The minimum atomic E-state index is 0.0795. The lowest BCUT2D eigenvalue weighted by atomic mass is 10.1. The van der Waals surface area contributed by atoms with Crippen molar-refractivity contribution in [3.63, 3.8) is 0 Å². The maximum Gasteiger partial charge on any atom is 0.260 e. The smallest absolute Gasteiger partial charge is 0.260 e. The highest BCUT2D eigenvalue weighted by molar-refractivity contribution is 5.78. The third kappa shape index (κ3) is 3.73. The van der Waals surface area contributed by atoms with Gasteiger partial charge in [0.25, 0.3) is 5.91 Å². The SMILES string of the molecule is CCc1ccccc1OCC(=O)N1CCCC(NC)C1. The summed E-state index contributed by atoms with van der Waals surface area (Å²) >= 11 is 0. The third-order valence-corrected chi connectivity index (χ3v) is 3.89. The first-order chi connectivity index (χ1) is 9.74. The molecular weight excluding hydrogens is 252 g/mol. The first kappa shape index (κ1) is 14.9. The summed E-state index contributed by atoms with van der Waals surface area (Å²) in [5, 5.41) is 3.25. The molecule has 0 aliphatic carbocycles. The number of benzene rings is 1. The van der Waals surface area contributed by atoms with E-state index in [9.17, 15) is 4.79 Å². The number of carbonyl (C=O) groups is 1. The van der Waals surface area contributed by atoms with Crippen LogP contribution in [0.25, 0.3) is 0 Å². The molecule has 0 aromatic heterocycles. The second kappa shape index (κ2) is 7.29. The standard InChI is InChI=1S/C16H24N2O2/c1-3-13-7-4-5-9-15(13)20-12-16(19)18-10-6-8-14(11-18)17-2/h4-5,7,9,14,17H,3,6,8,10-12H2,1-2H3. The van der Waals surface area contributed by atoms with Gasteiger partial charge in [0.05, 0.1) is 0 Å². The summed E-state index contributed by atoms with van der Waals surface area (Å²) in [6.45, 7) is 3.85. The van der Waals surface area contributed by atoms with E-state index in [0.717, 1.165) is 43.7 Å². The summed E-state index contributed by atoms with van der Waals surface area (Å²) in [5.74, 6) is 0.904. The lowest BCUT2D eigenvalue weighted by molar-refractivity contribution is -0.134. The van der Waals surface area contributed by atoms with E-state index in [1.165, 1.54) is 0 Å². The molecule has 1 aliphatic rings. The van der Waals surface area contributed by atoms with E-state index < -0.39 is 0 Å². The van der Waals surface area contributed by atoms with Crippen LogP contribution >= 0.6 is 0 Å². The number of likely N-dealkylation sites (N-methyl/N-ethyl adjacent to an activating group) is 1. The maximum absolute atomic E-state index is 12.2. The maximum atomic E-state index is 12.2. The Morgan fingerprint density at radius 2 is 2.25 bits per heavy atom. The van der Waals surface area contributed by atoms with Crippen LogP contribution in [0.2, 0.25) is 0 Å². The van der Waals surface area contributed by atoms with Gasteiger partial charge in [-0.2, -0.15) is 0 Å². The molecule has 1 aromatic carbocycles. The number of aryl methyl sites for hydroxylation is 1. The Hall–Kier alpha value is -1.55. The number of hydrogen-bond acceptors (Lipinski definition) is 3. The summed E-state index contributed by atoms with van der Waals surface area (Å²) in [6, 6.07) is 8.32. The molecule has 0 bridgehead atoms. The third-order valence-electron chi connectivity index (χ3n) is 3.89. The van der Waals surface area contributed by atoms with Crippen molar-refractivity contribution in [2.24, 2.45) is 0 Å². The number of nitrogens with zero attached hydrogens (tertiary/aromatic N) is 1. The van der Waals surface area contributed by atoms with E-state index in [1.54, 1.807) is 0 Å². The van der Waals surface area contributed by atoms with Crippen LogP contribution in [0.15, 0.2) is 24.3 Å². The number of nitrogens with one attached hydrogen (secondary N) is 1. The molecule has 1 aliphatic heterocycles. The van der Waals surface area contributed by atoms with Gasteiger partial charge in [0.1, 0.15) is 5.75 Å². The van der Waals surface area contributed by atoms with Gasteiger partial charge < -0.3 is 15.0 Å². The zero-order valence-corrected chi connectivity index (χ0v) is 12.4. The first-order valence-electron chi connectivity index (χ1n) is 7.40. The molecule has 1 N–H and O–H groups in total. The Bertz CT molecular complexity index is 448. The summed E-state index contributed by atoms with van der Waals surface area (Å²) in [6.07, 6.45) is 3.11. The molecule has 1 unspecified atom stereocenters. The largest absolute Gasteiger partial charge is 0.483 e. The number of carbonyl (C=O) groups excluding carboxylic acids is 1. The average molecular weight is 276 g/mol. The fraction of sp³-hybridized carbons (Fsp3) is 0.562. The zero-order valence-electron chi connectivity index (χ0n) is 12.4. The number of ether oxygens (including phenoxy) is 1. The average Bonchev–Trinajstić information content (AvgIpc) is 2.52. The number of rotatable bonds is 5. The van der Waals surface area contributed by atoms with Crippen LogP contribution in [-0.4, -0.2) is 43.6 Å². The van der Waals surface area contributed by atoms with Crippen molar-refractivity contribution in [2.45, 2.75) is 32.2 Å². The van der Waals surface area contributed by atoms with Crippen LogP contribution in [0.4, 0.5) is 0 Å². The number of para-hydroxylation sites is 1. The fourth-order valence-corrected chi connectivity index (χ4v) is 2.61. The van der Waals surface area contributed by atoms with E-state index in [1.807, 2.05) is 36.2 Å². The lowest BCUT2D eigenvalue weighted by Gasteiger charge is -2.32. The minimum Gasteiger partial charge on any atom is -0.483 e. The van der Waals surface area contributed by atoms with Crippen molar-refractivity contribution in [1.29, 1.82) is 0 Å². The number of amides is 1. The van der Waals surface area contributed by atoms with Crippen molar-refractivity contribution in [3.05, 3.63) is 29.8 Å². The predicted octanol–water partition coefficient (Wildman–Crippen LogP) is 1.84. The predicted molar refractivity (Wildman–Crippen MR) is 80.0 cm³/mol. The van der Waals surface area contributed by atoms with Crippen LogP contribution in [0.1, 0.15) is 25.3 Å². The van der Waals surface area contributed by atoms with Crippen molar-refractivity contribution < 1.29 is 9.53 Å². The van der Waals surface area contributed by atoms with Gasteiger partial charge in [-0.15, -0.1) is 0 Å². The summed E-state index contributed by atoms with van der Waals surface area (Å²) in [4.78, 5) is 14.1. The van der Waals surface area contributed by atoms with E-state index in [-0.39, 0.29) is 12.5 Å².